The van der Waals surface area contributed by atoms with Gasteiger partial charge < -0.3 is 5.21 Å². The Morgan fingerprint density at radius 2 is 1.50 bits per heavy atom. The first kappa shape index (κ1) is 11.1. The predicted octanol–water partition coefficient (Wildman–Crippen LogP) is 0.268. The van der Waals surface area contributed by atoms with Gasteiger partial charge in [-0.25, -0.2) is 5.90 Å². The Labute approximate surface area is 70.2 Å². The molecular weight excluding hydrogens is 182 g/mol. The summed E-state index contributed by atoms with van der Waals surface area (Å²) in [4.78, 5) is -0.0741. The zero-order chi connectivity index (χ0) is 9.61. The van der Waals surface area contributed by atoms with Crippen molar-refractivity contribution < 1.29 is 18.2 Å². The van der Waals surface area contributed by atoms with E-state index >= 15 is 0 Å². The van der Waals surface area contributed by atoms with Crippen LogP contribution in [0.15, 0.2) is 35.2 Å². The topological polar surface area (TPSA) is 101 Å². The van der Waals surface area contributed by atoms with E-state index in [1.54, 1.807) is 18.2 Å². The van der Waals surface area contributed by atoms with E-state index in [2.05, 4.69) is 5.90 Å². The quantitative estimate of drug-likeness (QED) is 0.437. The van der Waals surface area contributed by atoms with Crippen LogP contribution in [0.25, 0.3) is 0 Å². The lowest BCUT2D eigenvalue weighted by Gasteiger charge is -1.92. The zero-order valence-corrected chi connectivity index (χ0v) is 6.90. The van der Waals surface area contributed by atoms with Crippen molar-refractivity contribution in [3.63, 3.8) is 0 Å². The molecule has 1 rings (SSSR count). The molecule has 0 bridgehead atoms. The lowest BCUT2D eigenvalue weighted by molar-refractivity contribution is 0.311. The Kier molecular flexibility index (Phi) is 4.45. The summed E-state index contributed by atoms with van der Waals surface area (Å²) in [6.07, 6.45) is 0. The molecule has 0 amide bonds. The molecule has 0 aliphatic heterocycles. The molecule has 0 aliphatic carbocycles. The lowest BCUT2D eigenvalue weighted by atomic mass is 10.4. The summed E-state index contributed by atoms with van der Waals surface area (Å²) in [6.45, 7) is 0. The molecule has 0 radical (unpaired) electrons. The average Bonchev–Trinajstić information content (AvgIpc) is 2.08. The Balaban J connectivity index is 0.000000561. The summed E-state index contributed by atoms with van der Waals surface area (Å²) in [6, 6.07) is 7.42. The van der Waals surface area contributed by atoms with Crippen LogP contribution in [0.5, 0.6) is 0 Å². The van der Waals surface area contributed by atoms with Crippen LogP contribution in [0.1, 0.15) is 0 Å². The Morgan fingerprint density at radius 1 is 1.08 bits per heavy atom. The average molecular weight is 191 g/mol. The highest BCUT2D eigenvalue weighted by atomic mass is 32.2. The first-order chi connectivity index (χ1) is 5.61. The lowest BCUT2D eigenvalue weighted by Crippen LogP contribution is -1.96. The molecule has 0 atom stereocenters. The van der Waals surface area contributed by atoms with Crippen molar-refractivity contribution in [2.75, 3.05) is 0 Å². The molecule has 0 fully saturated rings. The minimum absolute atomic E-state index is 0.0741. The molecule has 0 saturated heterocycles. The Bertz CT molecular complexity index is 308. The van der Waals surface area contributed by atoms with Crippen molar-refractivity contribution in [2.24, 2.45) is 5.90 Å². The standard InChI is InChI=1S/C6H6O3S.H3NO/c7-10(8,9)6-4-2-1-3-5-6;1-2/h1-5H,(H,7,8,9);2H,1H2. The second kappa shape index (κ2) is 4.83. The maximum absolute atomic E-state index is 10.4. The van der Waals surface area contributed by atoms with Gasteiger partial charge in [0.25, 0.3) is 10.1 Å². The van der Waals surface area contributed by atoms with Crippen LogP contribution in [0.4, 0.5) is 0 Å². The third kappa shape index (κ3) is 3.44. The normalized spacial score (nSPS) is 9.92. The van der Waals surface area contributed by atoms with Crippen LogP contribution in [-0.2, 0) is 10.1 Å². The molecule has 0 aromatic heterocycles. The minimum Gasteiger partial charge on any atom is -0.320 e. The summed E-state index contributed by atoms with van der Waals surface area (Å²) >= 11 is 0. The summed E-state index contributed by atoms with van der Waals surface area (Å²) in [5.74, 6) is 3.50. The second-order valence-electron chi connectivity index (χ2n) is 1.79. The van der Waals surface area contributed by atoms with Crippen molar-refractivity contribution in [3.05, 3.63) is 30.3 Å². The summed E-state index contributed by atoms with van der Waals surface area (Å²) in [7, 11) is -4.00. The van der Waals surface area contributed by atoms with Crippen LogP contribution in [0.2, 0.25) is 0 Å². The largest absolute Gasteiger partial charge is 0.320 e. The van der Waals surface area contributed by atoms with E-state index in [9.17, 15) is 8.42 Å². The molecule has 0 aliphatic rings. The molecule has 1 aromatic carbocycles. The summed E-state index contributed by atoms with van der Waals surface area (Å²) in [5, 5.41) is 6.50. The fourth-order valence-corrected chi connectivity index (χ4v) is 1.09. The van der Waals surface area contributed by atoms with Gasteiger partial charge in [0.05, 0.1) is 4.90 Å². The molecule has 12 heavy (non-hydrogen) atoms. The molecule has 0 unspecified atom stereocenters. The van der Waals surface area contributed by atoms with Crippen molar-refractivity contribution in [2.45, 2.75) is 4.90 Å². The van der Waals surface area contributed by atoms with E-state index in [4.69, 9.17) is 9.76 Å². The fourth-order valence-electron chi connectivity index (χ4n) is 0.592. The monoisotopic (exact) mass is 191 g/mol. The molecule has 4 N–H and O–H groups in total. The van der Waals surface area contributed by atoms with Gasteiger partial charge in [0.15, 0.2) is 0 Å². The van der Waals surface area contributed by atoms with Gasteiger partial charge in [0.2, 0.25) is 0 Å². The van der Waals surface area contributed by atoms with Gasteiger partial charge in [0, 0.05) is 0 Å². The number of rotatable bonds is 1. The van der Waals surface area contributed by atoms with Crippen molar-refractivity contribution in [1.29, 1.82) is 0 Å². The first-order valence-corrected chi connectivity index (χ1v) is 4.33. The third-order valence-corrected chi connectivity index (χ3v) is 1.91. The molecular formula is C6H9NO4S. The van der Waals surface area contributed by atoms with Gasteiger partial charge in [-0.1, -0.05) is 18.2 Å². The van der Waals surface area contributed by atoms with E-state index in [1.807, 2.05) is 0 Å². The summed E-state index contributed by atoms with van der Waals surface area (Å²) in [5.41, 5.74) is 0. The Morgan fingerprint density at radius 3 is 1.75 bits per heavy atom. The highest BCUT2D eigenvalue weighted by Gasteiger charge is 2.05. The van der Waals surface area contributed by atoms with E-state index < -0.39 is 10.1 Å². The van der Waals surface area contributed by atoms with Crippen molar-refractivity contribution in [1.82, 2.24) is 0 Å². The van der Waals surface area contributed by atoms with Crippen molar-refractivity contribution in [3.8, 4) is 0 Å². The van der Waals surface area contributed by atoms with Gasteiger partial charge in [0.1, 0.15) is 0 Å². The molecule has 0 heterocycles. The number of nitrogens with two attached hydrogens (primary N) is 1. The van der Waals surface area contributed by atoms with Crippen LogP contribution in [0, 0.1) is 0 Å². The van der Waals surface area contributed by atoms with E-state index in [0.29, 0.717) is 0 Å². The van der Waals surface area contributed by atoms with Gasteiger partial charge >= 0.3 is 0 Å². The summed E-state index contributed by atoms with van der Waals surface area (Å²) < 4.78 is 29.2. The maximum atomic E-state index is 10.4. The van der Waals surface area contributed by atoms with Crippen LogP contribution in [0.3, 0.4) is 0 Å². The van der Waals surface area contributed by atoms with Gasteiger partial charge in [-0.3, -0.25) is 4.55 Å². The first-order valence-electron chi connectivity index (χ1n) is 2.89. The molecule has 5 nitrogen and oxygen atoms in total. The van der Waals surface area contributed by atoms with Crippen LogP contribution >= 0.6 is 0 Å². The maximum Gasteiger partial charge on any atom is 0.294 e. The minimum atomic E-state index is -4.00. The highest BCUT2D eigenvalue weighted by molar-refractivity contribution is 7.85. The van der Waals surface area contributed by atoms with Gasteiger partial charge in [-0.15, -0.1) is 0 Å². The molecule has 1 aromatic rings. The van der Waals surface area contributed by atoms with Gasteiger partial charge in [-0.05, 0) is 12.1 Å². The molecule has 0 spiro atoms. The SMILES string of the molecule is NO.O=S(=O)(O)c1ccccc1. The predicted molar refractivity (Wildman–Crippen MR) is 42.2 cm³/mol. The Hall–Kier alpha value is -0.950. The van der Waals surface area contributed by atoms with Gasteiger partial charge in [-0.2, -0.15) is 8.42 Å². The molecule has 6 heteroatoms. The smallest absolute Gasteiger partial charge is 0.294 e. The van der Waals surface area contributed by atoms with E-state index in [-0.39, 0.29) is 4.90 Å². The second-order valence-corrected chi connectivity index (χ2v) is 3.21. The van der Waals surface area contributed by atoms with Crippen LogP contribution in [-0.4, -0.2) is 18.2 Å². The van der Waals surface area contributed by atoms with E-state index in [0.717, 1.165) is 0 Å². The van der Waals surface area contributed by atoms with Crippen molar-refractivity contribution >= 4 is 10.1 Å². The third-order valence-electron chi connectivity index (χ3n) is 1.04. The zero-order valence-electron chi connectivity index (χ0n) is 6.08. The fraction of sp³-hybridized carbons (Fsp3) is 0. The van der Waals surface area contributed by atoms with E-state index in [1.165, 1.54) is 12.1 Å². The molecule has 0 saturated carbocycles. The molecule has 68 valence electrons. The number of hydrogen-bond donors (Lipinski definition) is 3. The highest BCUT2D eigenvalue weighted by Crippen LogP contribution is 2.05. The number of hydrogen-bond acceptors (Lipinski definition) is 4. The van der Waals surface area contributed by atoms with Crippen LogP contribution < -0.4 is 5.90 Å². The number of benzene rings is 1.